The number of carbonyl (C=O) groups is 1. The Morgan fingerprint density at radius 1 is 1.55 bits per heavy atom. The third-order valence-electron chi connectivity index (χ3n) is 3.26. The number of likely N-dealkylation sites (tertiary alicyclic amines) is 1. The molecule has 0 radical (unpaired) electrons. The average molecular weight is 291 g/mol. The highest BCUT2D eigenvalue weighted by atomic mass is 32.1. The zero-order chi connectivity index (χ0) is 14.1. The van der Waals surface area contributed by atoms with E-state index in [9.17, 15) is 4.79 Å². The monoisotopic (exact) mass is 291 g/mol. The number of thiazole rings is 1. The molecule has 106 valence electrons. The minimum atomic E-state index is -0.0797. The summed E-state index contributed by atoms with van der Waals surface area (Å²) in [6.07, 6.45) is 3.97. The van der Waals surface area contributed by atoms with Crippen LogP contribution < -0.4 is 5.32 Å². The SMILES string of the molecule is CC(=O)Nc1nc(CN2CC(n3cc(C)cn3)C2)cs1. The van der Waals surface area contributed by atoms with Crippen LogP contribution in [0.4, 0.5) is 5.13 Å². The van der Waals surface area contributed by atoms with Gasteiger partial charge in [0, 0.05) is 38.1 Å². The van der Waals surface area contributed by atoms with Gasteiger partial charge in [0.15, 0.2) is 5.13 Å². The van der Waals surface area contributed by atoms with Crippen LogP contribution in [0, 0.1) is 6.92 Å². The lowest BCUT2D eigenvalue weighted by Gasteiger charge is -2.38. The van der Waals surface area contributed by atoms with Crippen LogP contribution in [0.2, 0.25) is 0 Å². The smallest absolute Gasteiger partial charge is 0.223 e. The van der Waals surface area contributed by atoms with E-state index < -0.39 is 0 Å². The predicted molar refractivity (Wildman–Crippen MR) is 77.7 cm³/mol. The molecule has 0 aromatic carbocycles. The summed E-state index contributed by atoms with van der Waals surface area (Å²) in [5.74, 6) is -0.0797. The first-order valence-corrected chi connectivity index (χ1v) is 7.43. The second-order valence-electron chi connectivity index (χ2n) is 5.17. The van der Waals surface area contributed by atoms with Gasteiger partial charge in [-0.1, -0.05) is 0 Å². The Hall–Kier alpha value is -1.73. The van der Waals surface area contributed by atoms with E-state index >= 15 is 0 Å². The lowest BCUT2D eigenvalue weighted by molar-refractivity contribution is -0.114. The summed E-state index contributed by atoms with van der Waals surface area (Å²) in [6, 6.07) is 0.470. The molecule has 1 amide bonds. The molecule has 6 nitrogen and oxygen atoms in total. The Balaban J connectivity index is 1.51. The zero-order valence-electron chi connectivity index (χ0n) is 11.5. The van der Waals surface area contributed by atoms with Gasteiger partial charge in [-0.25, -0.2) is 4.98 Å². The van der Waals surface area contributed by atoms with E-state index in [4.69, 9.17) is 0 Å². The van der Waals surface area contributed by atoms with Crippen molar-refractivity contribution in [1.82, 2.24) is 19.7 Å². The fraction of sp³-hybridized carbons (Fsp3) is 0.462. The van der Waals surface area contributed by atoms with Gasteiger partial charge in [-0.15, -0.1) is 11.3 Å². The Bertz CT molecular complexity index is 614. The Labute approximate surface area is 121 Å². The van der Waals surface area contributed by atoms with Crippen LogP contribution in [0.15, 0.2) is 17.8 Å². The molecule has 0 bridgehead atoms. The van der Waals surface area contributed by atoms with E-state index in [0.717, 1.165) is 25.3 Å². The van der Waals surface area contributed by atoms with Crippen LogP contribution in [-0.2, 0) is 11.3 Å². The first-order chi connectivity index (χ1) is 9.60. The molecule has 2 aromatic heterocycles. The molecule has 1 saturated heterocycles. The van der Waals surface area contributed by atoms with Gasteiger partial charge in [-0.3, -0.25) is 14.4 Å². The number of nitrogens with one attached hydrogen (secondary N) is 1. The Morgan fingerprint density at radius 2 is 2.35 bits per heavy atom. The Morgan fingerprint density at radius 3 is 3.00 bits per heavy atom. The summed E-state index contributed by atoms with van der Waals surface area (Å²) in [5, 5.41) is 9.72. The summed E-state index contributed by atoms with van der Waals surface area (Å²) in [5.41, 5.74) is 2.21. The highest BCUT2D eigenvalue weighted by Crippen LogP contribution is 2.24. The first-order valence-electron chi connectivity index (χ1n) is 6.55. The van der Waals surface area contributed by atoms with E-state index in [1.54, 1.807) is 0 Å². The van der Waals surface area contributed by atoms with Crippen LogP contribution in [0.5, 0.6) is 0 Å². The van der Waals surface area contributed by atoms with Gasteiger partial charge >= 0.3 is 0 Å². The van der Waals surface area contributed by atoms with Gasteiger partial charge in [0.1, 0.15) is 0 Å². The summed E-state index contributed by atoms with van der Waals surface area (Å²) in [6.45, 7) is 6.36. The normalized spacial score (nSPS) is 16.1. The first kappa shape index (κ1) is 13.3. The number of rotatable bonds is 4. The van der Waals surface area contributed by atoms with Crippen molar-refractivity contribution < 1.29 is 4.79 Å². The van der Waals surface area contributed by atoms with E-state index in [2.05, 4.69) is 33.4 Å². The maximum atomic E-state index is 10.9. The van der Waals surface area contributed by atoms with E-state index in [1.807, 2.05) is 16.3 Å². The second-order valence-corrected chi connectivity index (χ2v) is 6.03. The standard InChI is InChI=1S/C13H17N5OS/c1-9-3-14-18(4-9)12-6-17(7-12)5-11-8-20-13(16-11)15-10(2)19/h3-4,8,12H,5-7H2,1-2H3,(H,15,16,19). The van der Waals surface area contributed by atoms with Crippen molar-refractivity contribution in [3.63, 3.8) is 0 Å². The van der Waals surface area contributed by atoms with Crippen molar-refractivity contribution in [3.8, 4) is 0 Å². The topological polar surface area (TPSA) is 63.1 Å². The summed E-state index contributed by atoms with van der Waals surface area (Å²) < 4.78 is 2.04. The minimum absolute atomic E-state index is 0.0797. The summed E-state index contributed by atoms with van der Waals surface area (Å²) in [4.78, 5) is 17.7. The molecule has 0 atom stereocenters. The van der Waals surface area contributed by atoms with Crippen molar-refractivity contribution in [3.05, 3.63) is 29.0 Å². The highest BCUT2D eigenvalue weighted by Gasteiger charge is 2.29. The van der Waals surface area contributed by atoms with Gasteiger partial charge in [0.05, 0.1) is 17.9 Å². The molecule has 1 aliphatic heterocycles. The van der Waals surface area contributed by atoms with Crippen molar-refractivity contribution in [1.29, 1.82) is 0 Å². The quantitative estimate of drug-likeness (QED) is 0.930. The molecule has 1 fully saturated rings. The van der Waals surface area contributed by atoms with E-state index in [0.29, 0.717) is 11.2 Å². The lowest BCUT2D eigenvalue weighted by atomic mass is 10.1. The molecule has 20 heavy (non-hydrogen) atoms. The van der Waals surface area contributed by atoms with Gasteiger partial charge in [0.25, 0.3) is 0 Å². The van der Waals surface area contributed by atoms with Crippen LogP contribution in [0.3, 0.4) is 0 Å². The van der Waals surface area contributed by atoms with Crippen LogP contribution in [-0.4, -0.2) is 38.7 Å². The van der Waals surface area contributed by atoms with Crippen LogP contribution >= 0.6 is 11.3 Å². The van der Waals surface area contributed by atoms with Crippen molar-refractivity contribution >= 4 is 22.4 Å². The third kappa shape index (κ3) is 2.88. The molecule has 1 aliphatic rings. The van der Waals surface area contributed by atoms with Gasteiger partial charge in [-0.2, -0.15) is 5.10 Å². The molecule has 1 N–H and O–H groups in total. The summed E-state index contributed by atoms with van der Waals surface area (Å²) in [7, 11) is 0. The molecule has 7 heteroatoms. The minimum Gasteiger partial charge on any atom is -0.302 e. The maximum Gasteiger partial charge on any atom is 0.223 e. The third-order valence-corrected chi connectivity index (χ3v) is 4.07. The number of nitrogens with zero attached hydrogens (tertiary/aromatic N) is 4. The number of carbonyl (C=O) groups excluding carboxylic acids is 1. The van der Waals surface area contributed by atoms with Crippen molar-refractivity contribution in [2.75, 3.05) is 18.4 Å². The van der Waals surface area contributed by atoms with E-state index in [1.165, 1.54) is 23.8 Å². The number of anilines is 1. The van der Waals surface area contributed by atoms with Gasteiger partial charge in [0.2, 0.25) is 5.91 Å². The van der Waals surface area contributed by atoms with Gasteiger partial charge < -0.3 is 5.32 Å². The molecular weight excluding hydrogens is 274 g/mol. The molecule has 2 aromatic rings. The van der Waals surface area contributed by atoms with E-state index in [-0.39, 0.29) is 5.91 Å². The fourth-order valence-electron chi connectivity index (χ4n) is 2.29. The summed E-state index contributed by atoms with van der Waals surface area (Å²) >= 11 is 1.47. The second kappa shape index (κ2) is 5.34. The number of aromatic nitrogens is 3. The highest BCUT2D eigenvalue weighted by molar-refractivity contribution is 7.13. The maximum absolute atomic E-state index is 10.9. The molecule has 3 heterocycles. The largest absolute Gasteiger partial charge is 0.302 e. The molecule has 0 unspecified atom stereocenters. The molecule has 3 rings (SSSR count). The number of amides is 1. The molecular formula is C13H17N5OS. The molecule has 0 spiro atoms. The zero-order valence-corrected chi connectivity index (χ0v) is 12.4. The van der Waals surface area contributed by atoms with Crippen molar-refractivity contribution in [2.24, 2.45) is 0 Å². The average Bonchev–Trinajstić information content (AvgIpc) is 2.92. The number of hydrogen-bond donors (Lipinski definition) is 1. The number of aryl methyl sites for hydroxylation is 1. The lowest BCUT2D eigenvalue weighted by Crippen LogP contribution is -2.47. The van der Waals surface area contributed by atoms with Crippen LogP contribution in [0.1, 0.15) is 24.2 Å². The predicted octanol–water partition coefficient (Wildman–Crippen LogP) is 1.66. The van der Waals surface area contributed by atoms with Crippen LogP contribution in [0.25, 0.3) is 0 Å². The number of hydrogen-bond acceptors (Lipinski definition) is 5. The fourth-order valence-corrected chi connectivity index (χ4v) is 3.04. The van der Waals surface area contributed by atoms with Gasteiger partial charge in [-0.05, 0) is 12.5 Å². The Kier molecular flexibility index (Phi) is 3.54. The molecule has 0 aliphatic carbocycles. The van der Waals surface area contributed by atoms with Crippen molar-refractivity contribution in [2.45, 2.75) is 26.4 Å². The molecule has 0 saturated carbocycles.